The van der Waals surface area contributed by atoms with Gasteiger partial charge in [0.1, 0.15) is 6.07 Å². The molecule has 0 atom stereocenters. The lowest BCUT2D eigenvalue weighted by molar-refractivity contribution is 0.0698. The smallest absolute Gasteiger partial charge is 0.337 e. The zero-order valence-corrected chi connectivity index (χ0v) is 11.0. The molecule has 6 heteroatoms. The van der Waals surface area contributed by atoms with Gasteiger partial charge in [-0.2, -0.15) is 5.26 Å². The van der Waals surface area contributed by atoms with Crippen LogP contribution in [0.2, 0.25) is 5.02 Å². The standard InChI is InChI=1S/C14H10ClN3O2/c15-11-6-9(17)5-10(14(19)20)13(11)18-12-4-2-1-3-8(12)7-16/h1-6,18H,17H2,(H,19,20). The SMILES string of the molecule is N#Cc1ccccc1Nc1c(Cl)cc(N)cc1C(=O)O. The number of para-hydroxylation sites is 1. The van der Waals surface area contributed by atoms with Gasteiger partial charge in [0.2, 0.25) is 0 Å². The minimum atomic E-state index is -1.16. The van der Waals surface area contributed by atoms with E-state index in [0.29, 0.717) is 11.3 Å². The molecule has 0 saturated carbocycles. The molecule has 0 heterocycles. The van der Waals surface area contributed by atoms with Crippen molar-refractivity contribution in [3.05, 3.63) is 52.5 Å². The van der Waals surface area contributed by atoms with Crippen LogP contribution in [0.1, 0.15) is 15.9 Å². The molecule has 0 bridgehead atoms. The molecule has 0 amide bonds. The number of anilines is 3. The zero-order valence-electron chi connectivity index (χ0n) is 10.2. The number of nitrogen functional groups attached to an aromatic ring is 1. The number of hydrogen-bond donors (Lipinski definition) is 3. The Balaban J connectivity index is 2.54. The first-order valence-corrected chi connectivity index (χ1v) is 5.99. The number of nitriles is 1. The molecule has 0 aliphatic rings. The molecule has 2 aromatic rings. The maximum absolute atomic E-state index is 11.3. The first kappa shape index (κ1) is 13.7. The number of nitrogens with two attached hydrogens (primary N) is 1. The lowest BCUT2D eigenvalue weighted by atomic mass is 10.1. The topological polar surface area (TPSA) is 99.1 Å². The summed E-state index contributed by atoms with van der Waals surface area (Å²) in [6.07, 6.45) is 0. The number of aromatic carboxylic acids is 1. The maximum Gasteiger partial charge on any atom is 0.337 e. The molecule has 20 heavy (non-hydrogen) atoms. The second kappa shape index (κ2) is 5.51. The molecule has 0 fully saturated rings. The number of halogens is 1. The highest BCUT2D eigenvalue weighted by Gasteiger charge is 2.16. The minimum Gasteiger partial charge on any atom is -0.478 e. The molecule has 0 saturated heterocycles. The van der Waals surface area contributed by atoms with Crippen LogP contribution in [0.15, 0.2) is 36.4 Å². The number of benzene rings is 2. The molecule has 0 aliphatic heterocycles. The molecule has 100 valence electrons. The Morgan fingerprint density at radius 1 is 1.35 bits per heavy atom. The van der Waals surface area contributed by atoms with Gasteiger partial charge >= 0.3 is 5.97 Å². The van der Waals surface area contributed by atoms with Crippen molar-refractivity contribution in [3.8, 4) is 6.07 Å². The third-order valence-electron chi connectivity index (χ3n) is 2.65. The summed E-state index contributed by atoms with van der Waals surface area (Å²) in [5, 5.41) is 21.3. The summed E-state index contributed by atoms with van der Waals surface area (Å²) in [5.41, 5.74) is 6.86. The highest BCUT2D eigenvalue weighted by molar-refractivity contribution is 6.34. The van der Waals surface area contributed by atoms with Crippen LogP contribution in [-0.2, 0) is 0 Å². The van der Waals surface area contributed by atoms with E-state index in [9.17, 15) is 9.90 Å². The first-order valence-electron chi connectivity index (χ1n) is 5.61. The van der Waals surface area contributed by atoms with Crippen molar-refractivity contribution in [2.75, 3.05) is 11.1 Å². The third kappa shape index (κ3) is 2.66. The number of carbonyl (C=O) groups is 1. The highest BCUT2D eigenvalue weighted by atomic mass is 35.5. The van der Waals surface area contributed by atoms with Gasteiger partial charge in [0, 0.05) is 5.69 Å². The normalized spacial score (nSPS) is 9.80. The van der Waals surface area contributed by atoms with Crippen molar-refractivity contribution < 1.29 is 9.90 Å². The second-order valence-electron chi connectivity index (χ2n) is 4.01. The molecule has 0 unspecified atom stereocenters. The van der Waals surface area contributed by atoms with Crippen molar-refractivity contribution in [2.45, 2.75) is 0 Å². The van der Waals surface area contributed by atoms with Gasteiger partial charge in [0.15, 0.2) is 0 Å². The number of rotatable bonds is 3. The number of carboxylic acids is 1. The third-order valence-corrected chi connectivity index (χ3v) is 2.95. The van der Waals surface area contributed by atoms with E-state index in [1.54, 1.807) is 24.3 Å². The maximum atomic E-state index is 11.3. The van der Waals surface area contributed by atoms with E-state index in [1.807, 2.05) is 6.07 Å². The van der Waals surface area contributed by atoms with Crippen molar-refractivity contribution in [1.82, 2.24) is 0 Å². The number of nitrogens with zero attached hydrogens (tertiary/aromatic N) is 1. The Bertz CT molecular complexity index is 723. The number of nitrogens with one attached hydrogen (secondary N) is 1. The van der Waals surface area contributed by atoms with Crippen LogP contribution in [0, 0.1) is 11.3 Å². The summed E-state index contributed by atoms with van der Waals surface area (Å²) >= 11 is 6.04. The number of hydrogen-bond acceptors (Lipinski definition) is 4. The van der Waals surface area contributed by atoms with Gasteiger partial charge < -0.3 is 16.2 Å². The van der Waals surface area contributed by atoms with Crippen LogP contribution in [-0.4, -0.2) is 11.1 Å². The van der Waals surface area contributed by atoms with E-state index in [4.69, 9.17) is 22.6 Å². The Morgan fingerprint density at radius 2 is 2.05 bits per heavy atom. The lowest BCUT2D eigenvalue weighted by Crippen LogP contribution is -2.05. The largest absolute Gasteiger partial charge is 0.478 e. The fourth-order valence-electron chi connectivity index (χ4n) is 1.75. The van der Waals surface area contributed by atoms with Gasteiger partial charge in [-0.3, -0.25) is 0 Å². The zero-order chi connectivity index (χ0) is 14.7. The van der Waals surface area contributed by atoms with Gasteiger partial charge in [-0.25, -0.2) is 4.79 Å². The summed E-state index contributed by atoms with van der Waals surface area (Å²) in [6.45, 7) is 0. The van der Waals surface area contributed by atoms with Crippen LogP contribution < -0.4 is 11.1 Å². The first-order chi connectivity index (χ1) is 9.52. The molecule has 2 rings (SSSR count). The molecule has 0 aliphatic carbocycles. The average Bonchev–Trinajstić information content (AvgIpc) is 2.41. The van der Waals surface area contributed by atoms with E-state index >= 15 is 0 Å². The van der Waals surface area contributed by atoms with Crippen LogP contribution >= 0.6 is 11.6 Å². The lowest BCUT2D eigenvalue weighted by Gasteiger charge is -2.13. The Kier molecular flexibility index (Phi) is 3.78. The predicted octanol–water partition coefficient (Wildman–Crippen LogP) is 3.24. The van der Waals surface area contributed by atoms with E-state index in [2.05, 4.69) is 5.32 Å². The molecule has 0 aromatic heterocycles. The Hall–Kier alpha value is -2.71. The molecule has 4 N–H and O–H groups in total. The fraction of sp³-hybridized carbons (Fsp3) is 0. The quantitative estimate of drug-likeness (QED) is 0.753. The van der Waals surface area contributed by atoms with E-state index in [0.717, 1.165) is 0 Å². The molecule has 0 spiro atoms. The predicted molar refractivity (Wildman–Crippen MR) is 77.3 cm³/mol. The molecule has 5 nitrogen and oxygen atoms in total. The van der Waals surface area contributed by atoms with Gasteiger partial charge in [-0.05, 0) is 24.3 Å². The fourth-order valence-corrected chi connectivity index (χ4v) is 2.02. The minimum absolute atomic E-state index is 0.0530. The van der Waals surface area contributed by atoms with E-state index in [-0.39, 0.29) is 22.0 Å². The Morgan fingerprint density at radius 3 is 2.70 bits per heavy atom. The summed E-state index contributed by atoms with van der Waals surface area (Å²) < 4.78 is 0. The van der Waals surface area contributed by atoms with Crippen molar-refractivity contribution in [2.24, 2.45) is 0 Å². The average molecular weight is 288 g/mol. The van der Waals surface area contributed by atoms with Crippen LogP contribution in [0.4, 0.5) is 17.1 Å². The second-order valence-corrected chi connectivity index (χ2v) is 4.42. The van der Waals surface area contributed by atoms with Crippen molar-refractivity contribution >= 4 is 34.6 Å². The van der Waals surface area contributed by atoms with Crippen molar-refractivity contribution in [3.63, 3.8) is 0 Å². The highest BCUT2D eigenvalue weighted by Crippen LogP contribution is 2.32. The van der Waals surface area contributed by atoms with Gasteiger partial charge in [-0.15, -0.1) is 0 Å². The van der Waals surface area contributed by atoms with Crippen LogP contribution in [0.25, 0.3) is 0 Å². The molecule has 0 radical (unpaired) electrons. The molecule has 2 aromatic carbocycles. The van der Waals surface area contributed by atoms with Gasteiger partial charge in [-0.1, -0.05) is 23.7 Å². The van der Waals surface area contributed by atoms with Crippen molar-refractivity contribution in [1.29, 1.82) is 5.26 Å². The summed E-state index contributed by atoms with van der Waals surface area (Å²) in [6, 6.07) is 11.5. The number of carboxylic acid groups (broad SMARTS) is 1. The van der Waals surface area contributed by atoms with Gasteiger partial charge in [0.25, 0.3) is 0 Å². The van der Waals surface area contributed by atoms with Gasteiger partial charge in [0.05, 0.1) is 27.5 Å². The summed E-state index contributed by atoms with van der Waals surface area (Å²) in [7, 11) is 0. The van der Waals surface area contributed by atoms with E-state index < -0.39 is 5.97 Å². The van der Waals surface area contributed by atoms with E-state index in [1.165, 1.54) is 12.1 Å². The Labute approximate surface area is 120 Å². The summed E-state index contributed by atoms with van der Waals surface area (Å²) in [4.78, 5) is 11.3. The van der Waals surface area contributed by atoms with Crippen LogP contribution in [0.5, 0.6) is 0 Å². The molecular weight excluding hydrogens is 278 g/mol. The van der Waals surface area contributed by atoms with Crippen LogP contribution in [0.3, 0.4) is 0 Å². The monoisotopic (exact) mass is 287 g/mol. The summed E-state index contributed by atoms with van der Waals surface area (Å²) in [5.74, 6) is -1.16. The molecular formula is C14H10ClN3O2.